The molecule has 0 heterocycles. The molecule has 2 rings (SSSR count). The lowest BCUT2D eigenvalue weighted by Crippen LogP contribution is -2.52. The second kappa shape index (κ2) is 8.17. The third-order valence-corrected chi connectivity index (χ3v) is 4.51. The predicted octanol–water partition coefficient (Wildman–Crippen LogP) is 2.66. The van der Waals surface area contributed by atoms with Gasteiger partial charge in [-0.2, -0.15) is 0 Å². The topological polar surface area (TPSA) is 114 Å². The second-order valence-electron chi connectivity index (χ2n) is 6.27. The summed E-state index contributed by atoms with van der Waals surface area (Å²) in [5.41, 5.74) is -0.498. The van der Waals surface area contributed by atoms with Crippen LogP contribution in [0.1, 0.15) is 25.7 Å². The molecule has 1 fully saturated rings. The highest BCUT2D eigenvalue weighted by Crippen LogP contribution is 2.26. The third kappa shape index (κ3) is 5.07. The van der Waals surface area contributed by atoms with Crippen LogP contribution in [0.25, 0.3) is 0 Å². The normalized spacial score (nSPS) is 20.1. The Morgan fingerprint density at radius 2 is 1.68 bits per heavy atom. The molecule has 0 bridgehead atoms. The zero-order valence-corrected chi connectivity index (χ0v) is 14.9. The second-order valence-corrected chi connectivity index (χ2v) is 6.68. The standard InChI is InChI=1S/C15H21N5O4S/c1-18(2)14-6-4-3-5-13(14)17-15(25)16-10-7-11(19(21)22)9-12(8-10)20(23)24/h7-9,13-14H,3-6H2,1-2H3,(H2,16,17,25)/t13-,14-/m1/s1. The summed E-state index contributed by atoms with van der Waals surface area (Å²) in [6.07, 6.45) is 4.31. The molecular weight excluding hydrogens is 346 g/mol. The molecule has 2 atom stereocenters. The largest absolute Gasteiger partial charge is 0.358 e. The molecule has 9 nitrogen and oxygen atoms in total. The van der Waals surface area contributed by atoms with Crippen LogP contribution in [0.4, 0.5) is 17.1 Å². The van der Waals surface area contributed by atoms with E-state index in [-0.39, 0.29) is 23.1 Å². The number of hydrogen-bond acceptors (Lipinski definition) is 6. The van der Waals surface area contributed by atoms with Gasteiger partial charge in [-0.05, 0) is 39.2 Å². The van der Waals surface area contributed by atoms with Crippen LogP contribution < -0.4 is 10.6 Å². The van der Waals surface area contributed by atoms with Gasteiger partial charge in [0.1, 0.15) is 0 Å². The lowest BCUT2D eigenvalue weighted by atomic mass is 9.90. The van der Waals surface area contributed by atoms with Crippen LogP contribution in [0, 0.1) is 20.2 Å². The van der Waals surface area contributed by atoms with Crippen molar-refractivity contribution in [3.8, 4) is 0 Å². The first kappa shape index (κ1) is 19.0. The van der Waals surface area contributed by atoms with Crippen molar-refractivity contribution in [1.29, 1.82) is 0 Å². The van der Waals surface area contributed by atoms with Crippen molar-refractivity contribution >= 4 is 34.4 Å². The first-order valence-corrected chi connectivity index (χ1v) is 8.36. The van der Waals surface area contributed by atoms with Gasteiger partial charge in [-0.25, -0.2) is 0 Å². The lowest BCUT2D eigenvalue weighted by molar-refractivity contribution is -0.394. The molecule has 0 saturated heterocycles. The Balaban J connectivity index is 2.11. The highest BCUT2D eigenvalue weighted by Gasteiger charge is 2.27. The predicted molar refractivity (Wildman–Crippen MR) is 98.8 cm³/mol. The summed E-state index contributed by atoms with van der Waals surface area (Å²) >= 11 is 5.29. The van der Waals surface area contributed by atoms with Crippen LogP contribution in [-0.2, 0) is 0 Å². The number of anilines is 1. The van der Waals surface area contributed by atoms with Crippen LogP contribution in [0.2, 0.25) is 0 Å². The van der Waals surface area contributed by atoms with Crippen LogP contribution in [-0.4, -0.2) is 46.0 Å². The Kier molecular flexibility index (Phi) is 6.21. The van der Waals surface area contributed by atoms with Gasteiger partial charge in [-0.15, -0.1) is 0 Å². The van der Waals surface area contributed by atoms with Gasteiger partial charge in [-0.3, -0.25) is 20.2 Å². The van der Waals surface area contributed by atoms with E-state index in [1.165, 1.54) is 12.1 Å². The van der Waals surface area contributed by atoms with Crippen molar-refractivity contribution in [2.45, 2.75) is 37.8 Å². The number of thiocarbonyl (C=S) groups is 1. The number of non-ortho nitro benzene ring substituents is 2. The number of benzene rings is 1. The van der Waals surface area contributed by atoms with E-state index in [0.717, 1.165) is 31.7 Å². The van der Waals surface area contributed by atoms with Crippen molar-refractivity contribution in [3.63, 3.8) is 0 Å². The number of rotatable bonds is 5. The van der Waals surface area contributed by atoms with E-state index in [0.29, 0.717) is 11.2 Å². The summed E-state index contributed by atoms with van der Waals surface area (Å²) in [6.45, 7) is 0. The number of hydrogen-bond donors (Lipinski definition) is 2. The van der Waals surface area contributed by atoms with E-state index in [9.17, 15) is 20.2 Å². The molecule has 2 N–H and O–H groups in total. The number of likely N-dealkylation sites (N-methyl/N-ethyl adjacent to an activating group) is 1. The van der Waals surface area contributed by atoms with Gasteiger partial charge in [0.15, 0.2) is 5.11 Å². The summed E-state index contributed by atoms with van der Waals surface area (Å²) in [6, 6.07) is 3.88. The average Bonchev–Trinajstić information content (AvgIpc) is 2.54. The van der Waals surface area contributed by atoms with Gasteiger partial charge in [0.25, 0.3) is 11.4 Å². The number of nitrogens with one attached hydrogen (secondary N) is 2. The fourth-order valence-electron chi connectivity index (χ4n) is 3.11. The number of nitro groups is 2. The average molecular weight is 367 g/mol. The van der Waals surface area contributed by atoms with E-state index in [1.807, 2.05) is 14.1 Å². The van der Waals surface area contributed by atoms with Gasteiger partial charge in [0.05, 0.1) is 21.6 Å². The summed E-state index contributed by atoms with van der Waals surface area (Å²) in [4.78, 5) is 22.7. The van der Waals surface area contributed by atoms with Crippen molar-refractivity contribution < 1.29 is 9.85 Å². The van der Waals surface area contributed by atoms with Gasteiger partial charge in [-0.1, -0.05) is 12.8 Å². The van der Waals surface area contributed by atoms with Crippen LogP contribution in [0.3, 0.4) is 0 Å². The quantitative estimate of drug-likeness (QED) is 0.464. The Bertz CT molecular complexity index is 650. The Labute approximate surface area is 150 Å². The van der Waals surface area contributed by atoms with E-state index < -0.39 is 9.85 Å². The smallest absolute Gasteiger partial charge is 0.278 e. The summed E-state index contributed by atoms with van der Waals surface area (Å²) < 4.78 is 0. The molecule has 10 heteroatoms. The van der Waals surface area contributed by atoms with Gasteiger partial charge < -0.3 is 15.5 Å². The number of nitrogens with zero attached hydrogens (tertiary/aromatic N) is 3. The monoisotopic (exact) mass is 367 g/mol. The van der Waals surface area contributed by atoms with Crippen LogP contribution >= 0.6 is 12.2 Å². The molecule has 0 aromatic heterocycles. The van der Waals surface area contributed by atoms with E-state index in [2.05, 4.69) is 15.5 Å². The summed E-state index contributed by atoms with van der Waals surface area (Å²) in [5.74, 6) is 0. The minimum atomic E-state index is -0.669. The zero-order chi connectivity index (χ0) is 18.6. The lowest BCUT2D eigenvalue weighted by Gasteiger charge is -2.37. The molecule has 25 heavy (non-hydrogen) atoms. The van der Waals surface area contributed by atoms with Crippen molar-refractivity contribution in [3.05, 3.63) is 38.4 Å². The Morgan fingerprint density at radius 1 is 1.12 bits per heavy atom. The SMILES string of the molecule is CN(C)[C@@H]1CCCC[C@H]1NC(=S)Nc1cc([N+](=O)[O-])cc([N+](=O)[O-])c1. The first-order chi connectivity index (χ1) is 11.8. The number of nitro benzene ring substituents is 2. The Morgan fingerprint density at radius 3 is 2.20 bits per heavy atom. The molecular formula is C15H21N5O4S. The highest BCUT2D eigenvalue weighted by molar-refractivity contribution is 7.80. The minimum absolute atomic E-state index is 0.164. The van der Waals surface area contributed by atoms with Gasteiger partial charge >= 0.3 is 0 Å². The maximum atomic E-state index is 10.9. The van der Waals surface area contributed by atoms with Gasteiger partial charge in [0.2, 0.25) is 0 Å². The maximum Gasteiger partial charge on any atom is 0.278 e. The molecule has 1 saturated carbocycles. The van der Waals surface area contributed by atoms with Gasteiger partial charge in [0, 0.05) is 24.2 Å². The Hall–Kier alpha value is -2.33. The minimum Gasteiger partial charge on any atom is -0.358 e. The molecule has 0 radical (unpaired) electrons. The zero-order valence-electron chi connectivity index (χ0n) is 14.1. The van der Waals surface area contributed by atoms with Crippen molar-refractivity contribution in [2.24, 2.45) is 0 Å². The molecule has 0 spiro atoms. The van der Waals surface area contributed by atoms with E-state index in [4.69, 9.17) is 12.2 Å². The maximum absolute atomic E-state index is 10.9. The third-order valence-electron chi connectivity index (χ3n) is 4.29. The molecule has 136 valence electrons. The summed E-state index contributed by atoms with van der Waals surface area (Å²) in [7, 11) is 4.04. The van der Waals surface area contributed by atoms with E-state index in [1.54, 1.807) is 0 Å². The van der Waals surface area contributed by atoms with Crippen LogP contribution in [0.5, 0.6) is 0 Å². The molecule has 0 unspecified atom stereocenters. The van der Waals surface area contributed by atoms with E-state index >= 15 is 0 Å². The van der Waals surface area contributed by atoms with Crippen molar-refractivity contribution in [2.75, 3.05) is 19.4 Å². The molecule has 1 aromatic carbocycles. The molecule has 0 amide bonds. The first-order valence-electron chi connectivity index (χ1n) is 7.95. The highest BCUT2D eigenvalue weighted by atomic mass is 32.1. The molecule has 0 aliphatic heterocycles. The van der Waals surface area contributed by atoms with Crippen molar-refractivity contribution in [1.82, 2.24) is 10.2 Å². The molecule has 1 aromatic rings. The van der Waals surface area contributed by atoms with Crippen LogP contribution in [0.15, 0.2) is 18.2 Å². The molecule has 1 aliphatic carbocycles. The fraction of sp³-hybridized carbons (Fsp3) is 0.533. The fourth-order valence-corrected chi connectivity index (χ4v) is 3.38. The summed E-state index contributed by atoms with van der Waals surface area (Å²) in [5, 5.41) is 28.3. The molecule has 1 aliphatic rings.